The molecule has 0 fully saturated rings. The van der Waals surface area contributed by atoms with E-state index >= 15 is 0 Å². The van der Waals surface area contributed by atoms with Gasteiger partial charge in [-0.3, -0.25) is 14.2 Å². The fraction of sp³-hybridized carbons (Fsp3) is 0.526. The average molecular weight is 385 g/mol. The van der Waals surface area contributed by atoms with Crippen molar-refractivity contribution in [3.05, 3.63) is 35.1 Å². The van der Waals surface area contributed by atoms with Crippen LogP contribution in [0.3, 0.4) is 0 Å². The van der Waals surface area contributed by atoms with Crippen LogP contribution in [0.4, 0.5) is 0 Å². The summed E-state index contributed by atoms with van der Waals surface area (Å²) in [4.78, 5) is 12.0. The Bertz CT molecular complexity index is 938. The molecular formula is C19H27N7O2. The molecular weight excluding hydrogens is 358 g/mol. The van der Waals surface area contributed by atoms with Crippen LogP contribution in [0.1, 0.15) is 42.7 Å². The van der Waals surface area contributed by atoms with Gasteiger partial charge in [0.25, 0.3) is 5.89 Å². The summed E-state index contributed by atoms with van der Waals surface area (Å²) >= 11 is 0. The van der Waals surface area contributed by atoms with Crippen molar-refractivity contribution in [2.24, 2.45) is 0 Å². The fourth-order valence-electron chi connectivity index (χ4n) is 3.08. The molecule has 0 aliphatic carbocycles. The maximum absolute atomic E-state index is 12.0. The van der Waals surface area contributed by atoms with Crippen molar-refractivity contribution >= 4 is 5.91 Å². The quantitative estimate of drug-likeness (QED) is 0.567. The van der Waals surface area contributed by atoms with Crippen LogP contribution in [0.15, 0.2) is 16.5 Å². The minimum Gasteiger partial charge on any atom is -0.419 e. The number of aryl methyl sites for hydroxylation is 6. The first-order valence-corrected chi connectivity index (χ1v) is 9.61. The SMILES string of the molecule is CCn1nc(C)cc1-c1nnc(CCC(=O)NCCCn2nc(C)cc2C)o1. The molecule has 0 saturated heterocycles. The standard InChI is InChI=1S/C19H27N7O2/c1-5-25-16(12-14(3)23-25)19-22-21-18(28-19)8-7-17(27)20-9-6-10-26-15(4)11-13(2)24-26/h11-12H,5-10H2,1-4H3,(H,20,27). The van der Waals surface area contributed by atoms with Gasteiger partial charge in [-0.25, -0.2) is 0 Å². The van der Waals surface area contributed by atoms with Crippen LogP contribution in [-0.4, -0.2) is 42.2 Å². The van der Waals surface area contributed by atoms with Gasteiger partial charge in [-0.05, 0) is 46.2 Å². The molecule has 0 aliphatic heterocycles. The third kappa shape index (κ3) is 4.85. The van der Waals surface area contributed by atoms with Crippen molar-refractivity contribution in [1.82, 2.24) is 35.1 Å². The van der Waals surface area contributed by atoms with E-state index in [4.69, 9.17) is 4.42 Å². The molecule has 3 rings (SSSR count). The number of carbonyl (C=O) groups excluding carboxylic acids is 1. The molecule has 9 heteroatoms. The van der Waals surface area contributed by atoms with Crippen LogP contribution in [0.2, 0.25) is 0 Å². The third-order valence-corrected chi connectivity index (χ3v) is 4.43. The van der Waals surface area contributed by atoms with Crippen LogP contribution >= 0.6 is 0 Å². The molecule has 28 heavy (non-hydrogen) atoms. The molecule has 3 aromatic rings. The van der Waals surface area contributed by atoms with Crippen LogP contribution in [0.25, 0.3) is 11.6 Å². The molecule has 3 aromatic heterocycles. The first kappa shape index (κ1) is 19.8. The number of nitrogens with zero attached hydrogens (tertiary/aromatic N) is 6. The second-order valence-corrected chi connectivity index (χ2v) is 6.84. The molecule has 0 radical (unpaired) electrons. The van der Waals surface area contributed by atoms with Crippen molar-refractivity contribution in [1.29, 1.82) is 0 Å². The predicted octanol–water partition coefficient (Wildman–Crippen LogP) is 2.21. The van der Waals surface area contributed by atoms with Crippen molar-refractivity contribution in [2.45, 2.75) is 60.0 Å². The molecule has 0 bridgehead atoms. The molecule has 1 N–H and O–H groups in total. The highest BCUT2D eigenvalue weighted by Crippen LogP contribution is 2.19. The summed E-state index contributed by atoms with van der Waals surface area (Å²) in [7, 11) is 0. The van der Waals surface area contributed by atoms with E-state index in [1.54, 1.807) is 0 Å². The first-order valence-electron chi connectivity index (χ1n) is 9.61. The van der Waals surface area contributed by atoms with Gasteiger partial charge in [0.2, 0.25) is 11.8 Å². The van der Waals surface area contributed by atoms with Gasteiger partial charge in [-0.1, -0.05) is 0 Å². The Morgan fingerprint density at radius 2 is 1.86 bits per heavy atom. The Labute approximate surface area is 164 Å². The minimum absolute atomic E-state index is 0.0254. The number of rotatable bonds is 9. The van der Waals surface area contributed by atoms with Gasteiger partial charge >= 0.3 is 0 Å². The second kappa shape index (κ2) is 8.81. The van der Waals surface area contributed by atoms with Crippen molar-refractivity contribution in [3.8, 4) is 11.6 Å². The molecule has 0 atom stereocenters. The van der Waals surface area contributed by atoms with Crippen LogP contribution in [-0.2, 0) is 24.3 Å². The Kier molecular flexibility index (Phi) is 6.23. The summed E-state index contributed by atoms with van der Waals surface area (Å²) in [5.41, 5.74) is 3.84. The summed E-state index contributed by atoms with van der Waals surface area (Å²) in [5, 5.41) is 19.9. The van der Waals surface area contributed by atoms with Crippen molar-refractivity contribution < 1.29 is 9.21 Å². The number of hydrogen-bond acceptors (Lipinski definition) is 6. The lowest BCUT2D eigenvalue weighted by Gasteiger charge is -2.06. The summed E-state index contributed by atoms with van der Waals surface area (Å²) in [6.45, 7) is 10.1. The Morgan fingerprint density at radius 1 is 1.11 bits per heavy atom. The normalized spacial score (nSPS) is 11.1. The number of hydrogen-bond donors (Lipinski definition) is 1. The lowest BCUT2D eigenvalue weighted by Crippen LogP contribution is -2.25. The highest BCUT2D eigenvalue weighted by Gasteiger charge is 2.15. The monoisotopic (exact) mass is 385 g/mol. The lowest BCUT2D eigenvalue weighted by atomic mass is 10.3. The summed E-state index contributed by atoms with van der Waals surface area (Å²) < 4.78 is 9.48. The molecule has 3 heterocycles. The zero-order valence-corrected chi connectivity index (χ0v) is 16.9. The van der Waals surface area contributed by atoms with Crippen molar-refractivity contribution in [2.75, 3.05) is 6.54 Å². The van der Waals surface area contributed by atoms with E-state index < -0.39 is 0 Å². The molecule has 1 amide bonds. The zero-order valence-electron chi connectivity index (χ0n) is 16.9. The van der Waals surface area contributed by atoms with E-state index in [0.29, 0.717) is 31.2 Å². The Balaban J connectivity index is 1.42. The lowest BCUT2D eigenvalue weighted by molar-refractivity contribution is -0.121. The zero-order chi connectivity index (χ0) is 20.1. The summed E-state index contributed by atoms with van der Waals surface area (Å²) in [6.07, 6.45) is 1.56. The smallest absolute Gasteiger partial charge is 0.265 e. The maximum Gasteiger partial charge on any atom is 0.265 e. The molecule has 150 valence electrons. The summed E-state index contributed by atoms with van der Waals surface area (Å²) in [5.74, 6) is 0.861. The van der Waals surface area contributed by atoms with E-state index in [-0.39, 0.29) is 5.91 Å². The van der Waals surface area contributed by atoms with E-state index in [0.717, 1.165) is 42.3 Å². The molecule has 0 aromatic carbocycles. The van der Waals surface area contributed by atoms with Crippen molar-refractivity contribution in [3.63, 3.8) is 0 Å². The number of aromatic nitrogens is 6. The van der Waals surface area contributed by atoms with Crippen LogP contribution < -0.4 is 5.32 Å². The third-order valence-electron chi connectivity index (χ3n) is 4.43. The predicted molar refractivity (Wildman–Crippen MR) is 104 cm³/mol. The highest BCUT2D eigenvalue weighted by atomic mass is 16.4. The molecule has 0 spiro atoms. The number of amides is 1. The van der Waals surface area contributed by atoms with E-state index in [1.807, 2.05) is 49.2 Å². The number of nitrogens with one attached hydrogen (secondary N) is 1. The fourth-order valence-corrected chi connectivity index (χ4v) is 3.08. The van der Waals surface area contributed by atoms with Gasteiger partial charge in [0, 0.05) is 38.2 Å². The molecule has 9 nitrogen and oxygen atoms in total. The minimum atomic E-state index is -0.0254. The van der Waals surface area contributed by atoms with Crippen LogP contribution in [0.5, 0.6) is 0 Å². The Hall–Kier alpha value is -2.97. The molecule has 0 saturated carbocycles. The number of carbonyl (C=O) groups is 1. The second-order valence-electron chi connectivity index (χ2n) is 6.84. The van der Waals surface area contributed by atoms with E-state index in [1.165, 1.54) is 0 Å². The molecule has 0 aliphatic rings. The molecule has 0 unspecified atom stereocenters. The van der Waals surface area contributed by atoms with Gasteiger partial charge in [-0.15, -0.1) is 10.2 Å². The highest BCUT2D eigenvalue weighted by molar-refractivity contribution is 5.75. The summed E-state index contributed by atoms with van der Waals surface area (Å²) in [6, 6.07) is 3.96. The van der Waals surface area contributed by atoms with Gasteiger partial charge in [0.1, 0.15) is 5.69 Å². The van der Waals surface area contributed by atoms with E-state index in [9.17, 15) is 4.79 Å². The topological polar surface area (TPSA) is 104 Å². The first-order chi connectivity index (χ1) is 13.5. The largest absolute Gasteiger partial charge is 0.419 e. The maximum atomic E-state index is 12.0. The van der Waals surface area contributed by atoms with Gasteiger partial charge in [-0.2, -0.15) is 10.2 Å². The van der Waals surface area contributed by atoms with Gasteiger partial charge in [0.15, 0.2) is 0 Å². The van der Waals surface area contributed by atoms with Crippen LogP contribution in [0, 0.1) is 20.8 Å². The average Bonchev–Trinajstić information content (AvgIpc) is 3.35. The Morgan fingerprint density at radius 3 is 2.57 bits per heavy atom. The van der Waals surface area contributed by atoms with E-state index in [2.05, 4.69) is 25.7 Å². The van der Waals surface area contributed by atoms with Gasteiger partial charge in [0.05, 0.1) is 11.4 Å². The van der Waals surface area contributed by atoms with Gasteiger partial charge < -0.3 is 9.73 Å².